The van der Waals surface area contributed by atoms with Crippen molar-refractivity contribution in [3.8, 4) is 17.2 Å². The number of aromatic nitrogens is 2. The van der Waals surface area contributed by atoms with Crippen molar-refractivity contribution in [1.29, 1.82) is 0 Å². The molecule has 1 N–H and O–H groups in total. The second-order valence-electron chi connectivity index (χ2n) is 6.55. The lowest BCUT2D eigenvalue weighted by atomic mass is 10.1. The Morgan fingerprint density at radius 1 is 1.25 bits per heavy atom. The Morgan fingerprint density at radius 2 is 2.07 bits per heavy atom. The number of aryl methyl sites for hydroxylation is 2. The van der Waals surface area contributed by atoms with Crippen molar-refractivity contribution < 1.29 is 14.1 Å². The number of nitrogens with zero attached hydrogens (tertiary/aromatic N) is 2. The van der Waals surface area contributed by atoms with Gasteiger partial charge in [-0.1, -0.05) is 51.8 Å². The summed E-state index contributed by atoms with van der Waals surface area (Å²) in [6.45, 7) is 5.85. The predicted octanol–water partition coefficient (Wildman–Crippen LogP) is 4.76. The molecule has 2 aromatic carbocycles. The van der Waals surface area contributed by atoms with Gasteiger partial charge in [-0.2, -0.15) is 4.98 Å². The number of nitrogens with one attached hydrogen (secondary N) is 1. The van der Waals surface area contributed by atoms with Crippen LogP contribution < -0.4 is 10.1 Å². The zero-order valence-electron chi connectivity index (χ0n) is 16.0. The smallest absolute Gasteiger partial charge is 0.258 e. The van der Waals surface area contributed by atoms with Crippen LogP contribution in [0.3, 0.4) is 0 Å². The quantitative estimate of drug-likeness (QED) is 0.569. The van der Waals surface area contributed by atoms with Gasteiger partial charge < -0.3 is 14.6 Å². The third kappa shape index (κ3) is 4.98. The molecule has 146 valence electrons. The molecule has 0 aliphatic rings. The topological polar surface area (TPSA) is 77.2 Å². The monoisotopic (exact) mass is 443 g/mol. The van der Waals surface area contributed by atoms with Gasteiger partial charge in [0.1, 0.15) is 5.75 Å². The van der Waals surface area contributed by atoms with Gasteiger partial charge >= 0.3 is 0 Å². The van der Waals surface area contributed by atoms with Crippen molar-refractivity contribution in [2.75, 3.05) is 6.61 Å². The molecule has 0 saturated heterocycles. The van der Waals surface area contributed by atoms with E-state index in [9.17, 15) is 4.79 Å². The van der Waals surface area contributed by atoms with Crippen molar-refractivity contribution in [1.82, 2.24) is 15.5 Å². The van der Waals surface area contributed by atoms with Crippen LogP contribution in [0, 0.1) is 13.8 Å². The molecule has 0 fully saturated rings. The van der Waals surface area contributed by atoms with Crippen molar-refractivity contribution in [3.05, 3.63) is 63.9 Å². The molecule has 7 heteroatoms. The molecule has 6 nitrogen and oxygen atoms in total. The highest BCUT2D eigenvalue weighted by molar-refractivity contribution is 9.10. The maximum Gasteiger partial charge on any atom is 0.258 e. The molecule has 0 spiro atoms. The van der Waals surface area contributed by atoms with Gasteiger partial charge in [0.25, 0.3) is 11.8 Å². The standard InChI is InChI=1S/C21H22BrN3O3/c1-4-17(20-24-21(28-25-20)15-6-5-7-16(22)11-15)23-19(26)12-27-18-9-8-13(2)10-14(18)3/h5-11,17H,4,12H2,1-3H3,(H,23,26). The molecule has 1 heterocycles. The van der Waals surface area contributed by atoms with E-state index in [-0.39, 0.29) is 18.6 Å². The lowest BCUT2D eigenvalue weighted by Gasteiger charge is -2.14. The van der Waals surface area contributed by atoms with Gasteiger partial charge in [-0.15, -0.1) is 0 Å². The van der Waals surface area contributed by atoms with Crippen LogP contribution in [0.2, 0.25) is 0 Å². The largest absolute Gasteiger partial charge is 0.484 e. The molecule has 0 radical (unpaired) electrons. The summed E-state index contributed by atoms with van der Waals surface area (Å²) in [7, 11) is 0. The summed E-state index contributed by atoms with van der Waals surface area (Å²) in [4.78, 5) is 16.8. The first-order valence-electron chi connectivity index (χ1n) is 9.05. The second kappa shape index (κ2) is 9.01. The molecule has 0 aliphatic heterocycles. The van der Waals surface area contributed by atoms with Crippen LogP contribution in [0.4, 0.5) is 0 Å². The highest BCUT2D eigenvalue weighted by atomic mass is 79.9. The van der Waals surface area contributed by atoms with E-state index in [0.717, 1.165) is 21.2 Å². The second-order valence-corrected chi connectivity index (χ2v) is 7.47. The number of ether oxygens (including phenoxy) is 1. The summed E-state index contributed by atoms with van der Waals surface area (Å²) >= 11 is 3.43. The summed E-state index contributed by atoms with van der Waals surface area (Å²) in [6.07, 6.45) is 0.632. The minimum Gasteiger partial charge on any atom is -0.484 e. The Labute approximate surface area is 172 Å². The zero-order valence-corrected chi connectivity index (χ0v) is 17.6. The Hall–Kier alpha value is -2.67. The molecular formula is C21H22BrN3O3. The lowest BCUT2D eigenvalue weighted by Crippen LogP contribution is -2.33. The summed E-state index contributed by atoms with van der Waals surface area (Å²) in [5.41, 5.74) is 2.96. The molecule has 1 atom stereocenters. The Balaban J connectivity index is 1.63. The molecule has 3 rings (SSSR count). The van der Waals surface area contributed by atoms with E-state index in [4.69, 9.17) is 9.26 Å². The summed E-state index contributed by atoms with van der Waals surface area (Å²) < 4.78 is 11.9. The van der Waals surface area contributed by atoms with Crippen molar-refractivity contribution in [2.24, 2.45) is 0 Å². The number of halogens is 1. The average molecular weight is 444 g/mol. The molecule has 1 aromatic heterocycles. The van der Waals surface area contributed by atoms with E-state index in [1.165, 1.54) is 0 Å². The maximum atomic E-state index is 12.3. The number of hydrogen-bond acceptors (Lipinski definition) is 5. The average Bonchev–Trinajstić information content (AvgIpc) is 3.15. The van der Waals surface area contributed by atoms with Crippen LogP contribution >= 0.6 is 15.9 Å². The van der Waals surface area contributed by atoms with Crippen LogP contribution in [0.5, 0.6) is 5.75 Å². The number of rotatable bonds is 7. The number of amides is 1. The normalized spacial score (nSPS) is 11.9. The van der Waals surface area contributed by atoms with Gasteiger partial charge in [0.2, 0.25) is 0 Å². The molecule has 0 bridgehead atoms. The third-order valence-electron chi connectivity index (χ3n) is 4.26. The van der Waals surface area contributed by atoms with Gasteiger partial charge in [0.15, 0.2) is 12.4 Å². The fraction of sp³-hybridized carbons (Fsp3) is 0.286. The van der Waals surface area contributed by atoms with Gasteiger partial charge in [0.05, 0.1) is 6.04 Å². The van der Waals surface area contributed by atoms with Crippen molar-refractivity contribution in [3.63, 3.8) is 0 Å². The minimum atomic E-state index is -0.347. The molecule has 0 aliphatic carbocycles. The van der Waals surface area contributed by atoms with Crippen LogP contribution in [-0.2, 0) is 4.79 Å². The first kappa shape index (κ1) is 20.1. The van der Waals surface area contributed by atoms with E-state index < -0.39 is 0 Å². The molecule has 1 amide bonds. The minimum absolute atomic E-state index is 0.0727. The molecule has 1 unspecified atom stereocenters. The summed E-state index contributed by atoms with van der Waals surface area (Å²) in [5, 5.41) is 6.93. The molecule has 3 aromatic rings. The Bertz CT molecular complexity index is 971. The number of benzene rings is 2. The van der Waals surface area contributed by atoms with E-state index in [2.05, 4.69) is 31.4 Å². The summed E-state index contributed by atoms with van der Waals surface area (Å²) in [6, 6.07) is 13.1. The van der Waals surface area contributed by atoms with E-state index >= 15 is 0 Å². The highest BCUT2D eigenvalue weighted by Gasteiger charge is 2.20. The number of hydrogen-bond donors (Lipinski definition) is 1. The SMILES string of the molecule is CCC(NC(=O)COc1ccc(C)cc1C)c1noc(-c2cccc(Br)c2)n1. The molecular weight excluding hydrogens is 422 g/mol. The maximum absolute atomic E-state index is 12.3. The van der Waals surface area contributed by atoms with E-state index in [1.54, 1.807) is 0 Å². The first-order chi connectivity index (χ1) is 13.5. The lowest BCUT2D eigenvalue weighted by molar-refractivity contribution is -0.123. The summed E-state index contributed by atoms with van der Waals surface area (Å²) in [5.74, 6) is 1.32. The van der Waals surface area contributed by atoms with Crippen LogP contribution in [-0.4, -0.2) is 22.7 Å². The predicted molar refractivity (Wildman–Crippen MR) is 110 cm³/mol. The number of carbonyl (C=O) groups excluding carboxylic acids is 1. The van der Waals surface area contributed by atoms with Crippen LogP contribution in [0.15, 0.2) is 51.5 Å². The molecule has 28 heavy (non-hydrogen) atoms. The van der Waals surface area contributed by atoms with Crippen molar-refractivity contribution >= 4 is 21.8 Å². The highest BCUT2D eigenvalue weighted by Crippen LogP contribution is 2.23. The van der Waals surface area contributed by atoms with E-state index in [1.807, 2.05) is 63.2 Å². The first-order valence-corrected chi connectivity index (χ1v) is 9.84. The van der Waals surface area contributed by atoms with Gasteiger partial charge in [-0.05, 0) is 50.1 Å². The fourth-order valence-corrected chi connectivity index (χ4v) is 3.20. The van der Waals surface area contributed by atoms with Gasteiger partial charge in [0, 0.05) is 10.0 Å². The number of carbonyl (C=O) groups is 1. The van der Waals surface area contributed by atoms with Crippen molar-refractivity contribution in [2.45, 2.75) is 33.2 Å². The van der Waals surface area contributed by atoms with E-state index in [0.29, 0.717) is 23.9 Å². The van der Waals surface area contributed by atoms with Gasteiger partial charge in [-0.3, -0.25) is 4.79 Å². The Kier molecular flexibility index (Phi) is 6.46. The fourth-order valence-electron chi connectivity index (χ4n) is 2.80. The zero-order chi connectivity index (χ0) is 20.1. The van der Waals surface area contributed by atoms with Crippen LogP contribution in [0.25, 0.3) is 11.5 Å². The Morgan fingerprint density at radius 3 is 2.79 bits per heavy atom. The third-order valence-corrected chi connectivity index (χ3v) is 4.75. The van der Waals surface area contributed by atoms with Crippen LogP contribution in [0.1, 0.15) is 36.3 Å². The molecule has 0 saturated carbocycles. The van der Waals surface area contributed by atoms with Gasteiger partial charge in [-0.25, -0.2) is 0 Å².